The van der Waals surface area contributed by atoms with Crippen LogP contribution in [0, 0.1) is 6.92 Å². The topological polar surface area (TPSA) is 64.5 Å². The second-order valence-electron chi connectivity index (χ2n) is 4.80. The van der Waals surface area contributed by atoms with Crippen LogP contribution < -0.4 is 5.06 Å². The Balaban J connectivity index is 2.07. The van der Waals surface area contributed by atoms with Crippen molar-refractivity contribution in [3.63, 3.8) is 0 Å². The van der Waals surface area contributed by atoms with Gasteiger partial charge in [-0.15, -0.1) is 11.3 Å². The van der Waals surface area contributed by atoms with Gasteiger partial charge in [0, 0.05) is 6.54 Å². The first-order chi connectivity index (χ1) is 10.2. The van der Waals surface area contributed by atoms with Crippen molar-refractivity contribution in [3.8, 4) is 0 Å². The number of aromatic nitrogens is 2. The first-order valence-corrected chi connectivity index (χ1v) is 7.85. The van der Waals surface area contributed by atoms with Crippen molar-refractivity contribution in [3.05, 3.63) is 16.8 Å². The van der Waals surface area contributed by atoms with Crippen molar-refractivity contribution in [2.24, 2.45) is 0 Å². The number of rotatable bonds is 3. The number of carbonyl (C=O) groups is 1. The number of hydrogen-bond acceptors (Lipinski definition) is 7. The highest BCUT2D eigenvalue weighted by Crippen LogP contribution is 2.35. The van der Waals surface area contributed by atoms with Crippen molar-refractivity contribution < 1.29 is 14.4 Å². The van der Waals surface area contributed by atoms with E-state index in [2.05, 4.69) is 9.97 Å². The summed E-state index contributed by atoms with van der Waals surface area (Å²) in [5.74, 6) is 0.438. The Hall–Kier alpha value is -1.73. The Morgan fingerprint density at radius 2 is 2.33 bits per heavy atom. The van der Waals surface area contributed by atoms with Crippen LogP contribution in [0.15, 0.2) is 6.33 Å². The molecule has 0 N–H and O–H groups in total. The van der Waals surface area contributed by atoms with Gasteiger partial charge in [-0.25, -0.2) is 19.8 Å². The Labute approximate surface area is 126 Å². The summed E-state index contributed by atoms with van der Waals surface area (Å²) in [6.07, 6.45) is 3.64. The lowest BCUT2D eigenvalue weighted by Gasteiger charge is -2.27. The average molecular weight is 307 g/mol. The summed E-state index contributed by atoms with van der Waals surface area (Å²) in [4.78, 5) is 27.7. The minimum Gasteiger partial charge on any atom is -0.462 e. The molecule has 21 heavy (non-hydrogen) atoms. The summed E-state index contributed by atoms with van der Waals surface area (Å²) in [7, 11) is 0. The lowest BCUT2D eigenvalue weighted by Crippen LogP contribution is -2.30. The van der Waals surface area contributed by atoms with Gasteiger partial charge >= 0.3 is 5.97 Å². The van der Waals surface area contributed by atoms with E-state index < -0.39 is 0 Å². The predicted octanol–water partition coefficient (Wildman–Crippen LogP) is 2.71. The Morgan fingerprint density at radius 1 is 1.48 bits per heavy atom. The summed E-state index contributed by atoms with van der Waals surface area (Å²) < 4.78 is 5.10. The van der Waals surface area contributed by atoms with Gasteiger partial charge in [-0.05, 0) is 32.3 Å². The van der Waals surface area contributed by atoms with Gasteiger partial charge in [0.05, 0.1) is 18.6 Å². The maximum atomic E-state index is 12.0. The van der Waals surface area contributed by atoms with E-state index in [1.165, 1.54) is 17.7 Å². The summed E-state index contributed by atoms with van der Waals surface area (Å²) in [6.45, 7) is 5.56. The molecule has 3 rings (SSSR count). The molecule has 0 spiro atoms. The van der Waals surface area contributed by atoms with Gasteiger partial charge in [-0.3, -0.25) is 4.84 Å². The zero-order valence-corrected chi connectivity index (χ0v) is 12.9. The summed E-state index contributed by atoms with van der Waals surface area (Å²) in [5, 5.41) is 2.69. The molecule has 1 fully saturated rings. The van der Waals surface area contributed by atoms with Crippen molar-refractivity contribution in [2.45, 2.75) is 26.7 Å². The summed E-state index contributed by atoms with van der Waals surface area (Å²) in [6, 6.07) is 0. The molecule has 1 aliphatic rings. The largest absolute Gasteiger partial charge is 0.462 e. The first kappa shape index (κ1) is 14.2. The Kier molecular flexibility index (Phi) is 4.03. The molecule has 7 heteroatoms. The highest BCUT2D eigenvalue weighted by atomic mass is 32.1. The van der Waals surface area contributed by atoms with Crippen LogP contribution >= 0.6 is 11.3 Å². The molecule has 0 radical (unpaired) electrons. The van der Waals surface area contributed by atoms with Gasteiger partial charge in [0.15, 0.2) is 5.82 Å². The third kappa shape index (κ3) is 2.58. The van der Waals surface area contributed by atoms with E-state index in [1.807, 2.05) is 12.0 Å². The van der Waals surface area contributed by atoms with Crippen molar-refractivity contribution in [1.82, 2.24) is 9.97 Å². The normalized spacial score (nSPS) is 15.4. The number of carbonyl (C=O) groups excluding carboxylic acids is 1. The third-order valence-electron chi connectivity index (χ3n) is 3.41. The molecule has 2 aromatic rings. The number of esters is 1. The number of nitrogens with zero attached hydrogens (tertiary/aromatic N) is 3. The van der Waals surface area contributed by atoms with Crippen LogP contribution in [0.4, 0.5) is 5.82 Å². The molecular weight excluding hydrogens is 290 g/mol. The quantitative estimate of drug-likeness (QED) is 0.812. The molecule has 1 aliphatic heterocycles. The maximum Gasteiger partial charge on any atom is 0.348 e. The molecule has 0 bridgehead atoms. The van der Waals surface area contributed by atoms with Gasteiger partial charge in [-0.1, -0.05) is 0 Å². The zero-order chi connectivity index (χ0) is 14.8. The van der Waals surface area contributed by atoms with E-state index in [-0.39, 0.29) is 5.97 Å². The Morgan fingerprint density at radius 3 is 3.05 bits per heavy atom. The smallest absolute Gasteiger partial charge is 0.348 e. The number of hydroxylamine groups is 1. The third-order valence-corrected chi connectivity index (χ3v) is 4.59. The fraction of sp³-hybridized carbons (Fsp3) is 0.500. The van der Waals surface area contributed by atoms with Crippen LogP contribution in [0.5, 0.6) is 0 Å². The highest BCUT2D eigenvalue weighted by molar-refractivity contribution is 7.20. The van der Waals surface area contributed by atoms with Crippen molar-refractivity contribution in [1.29, 1.82) is 0 Å². The second kappa shape index (κ2) is 5.95. The number of anilines is 1. The minimum absolute atomic E-state index is 0.302. The number of fused-ring (bicyclic) bond motifs is 1. The van der Waals surface area contributed by atoms with Crippen LogP contribution in [0.1, 0.15) is 35.0 Å². The first-order valence-electron chi connectivity index (χ1n) is 7.04. The summed E-state index contributed by atoms with van der Waals surface area (Å²) in [5.41, 5.74) is 0.859. The van der Waals surface area contributed by atoms with Crippen molar-refractivity contribution >= 4 is 33.3 Å². The minimum atomic E-state index is -0.302. The van der Waals surface area contributed by atoms with Crippen LogP contribution in [0.2, 0.25) is 0 Å². The van der Waals surface area contributed by atoms with Gasteiger partial charge < -0.3 is 4.74 Å². The highest BCUT2D eigenvalue weighted by Gasteiger charge is 2.23. The zero-order valence-electron chi connectivity index (χ0n) is 12.1. The molecule has 2 aromatic heterocycles. The summed E-state index contributed by atoms with van der Waals surface area (Å²) >= 11 is 1.34. The molecule has 112 valence electrons. The molecule has 0 unspecified atom stereocenters. The lowest BCUT2D eigenvalue weighted by atomic mass is 10.2. The lowest BCUT2D eigenvalue weighted by molar-refractivity contribution is 0.0531. The van der Waals surface area contributed by atoms with Gasteiger partial charge in [0.2, 0.25) is 0 Å². The molecule has 3 heterocycles. The van der Waals surface area contributed by atoms with Crippen LogP contribution in [-0.2, 0) is 9.57 Å². The number of ether oxygens (including phenoxy) is 1. The Bertz CT molecular complexity index is 665. The van der Waals surface area contributed by atoms with E-state index in [0.29, 0.717) is 18.1 Å². The molecule has 1 saturated heterocycles. The number of aryl methyl sites for hydroxylation is 1. The molecule has 0 amide bonds. The molecule has 0 saturated carbocycles. The fourth-order valence-corrected chi connectivity index (χ4v) is 3.43. The predicted molar refractivity (Wildman–Crippen MR) is 80.6 cm³/mol. The standard InChI is InChI=1S/C14H17N3O3S/c1-3-19-14(18)11-9(2)10-12(15-8-16-13(10)21-11)17-6-4-5-7-20-17/h8H,3-7H2,1-2H3. The van der Waals surface area contributed by atoms with E-state index in [9.17, 15) is 4.79 Å². The van der Waals surface area contributed by atoms with E-state index in [0.717, 1.165) is 41.0 Å². The van der Waals surface area contributed by atoms with E-state index in [1.54, 1.807) is 6.92 Å². The molecule has 0 atom stereocenters. The van der Waals surface area contributed by atoms with Gasteiger partial charge in [0.25, 0.3) is 0 Å². The monoisotopic (exact) mass is 307 g/mol. The van der Waals surface area contributed by atoms with Crippen LogP contribution in [-0.4, -0.2) is 35.7 Å². The average Bonchev–Trinajstić information content (AvgIpc) is 2.86. The van der Waals surface area contributed by atoms with E-state index >= 15 is 0 Å². The maximum absolute atomic E-state index is 12.0. The number of thiophene rings is 1. The van der Waals surface area contributed by atoms with Crippen LogP contribution in [0.25, 0.3) is 10.2 Å². The molecule has 6 nitrogen and oxygen atoms in total. The van der Waals surface area contributed by atoms with Gasteiger partial charge in [0.1, 0.15) is 16.0 Å². The SMILES string of the molecule is CCOC(=O)c1sc2ncnc(N3CCCCO3)c2c1C. The molecule has 0 aromatic carbocycles. The molecule has 0 aliphatic carbocycles. The van der Waals surface area contributed by atoms with Gasteiger partial charge in [-0.2, -0.15) is 0 Å². The second-order valence-corrected chi connectivity index (χ2v) is 5.80. The van der Waals surface area contributed by atoms with Crippen molar-refractivity contribution in [2.75, 3.05) is 24.8 Å². The fourth-order valence-electron chi connectivity index (χ4n) is 2.40. The molecular formula is C14H17N3O3S. The van der Waals surface area contributed by atoms with Crippen LogP contribution in [0.3, 0.4) is 0 Å². The van der Waals surface area contributed by atoms with E-state index in [4.69, 9.17) is 9.57 Å². The number of hydrogen-bond donors (Lipinski definition) is 0.